The molecule has 0 radical (unpaired) electrons. The van der Waals surface area contributed by atoms with E-state index in [0.29, 0.717) is 28.1 Å². The molecule has 1 aromatic carbocycles. The van der Waals surface area contributed by atoms with Crippen molar-refractivity contribution in [2.75, 3.05) is 27.3 Å². The second-order valence-corrected chi connectivity index (χ2v) is 5.64. The maximum atomic E-state index is 12.5. The zero-order chi connectivity index (χ0) is 14.7. The van der Waals surface area contributed by atoms with Crippen molar-refractivity contribution in [2.45, 2.75) is 18.9 Å². The van der Waals surface area contributed by atoms with Crippen LogP contribution in [0, 0.1) is 0 Å². The SMILES string of the molecule is COc1cc(C(=O)N2CCC[C@H](N)C2)cc(OC)c1Br. The van der Waals surface area contributed by atoms with Gasteiger partial charge in [-0.1, -0.05) is 0 Å². The van der Waals surface area contributed by atoms with Gasteiger partial charge in [-0.2, -0.15) is 0 Å². The summed E-state index contributed by atoms with van der Waals surface area (Å²) in [5.74, 6) is 1.12. The first kappa shape index (κ1) is 15.1. The fraction of sp³-hybridized carbons (Fsp3) is 0.500. The normalized spacial score (nSPS) is 18.8. The number of nitrogens with zero attached hydrogens (tertiary/aromatic N) is 1. The van der Waals surface area contributed by atoms with Gasteiger partial charge in [0, 0.05) is 24.7 Å². The van der Waals surface area contributed by atoms with Crippen LogP contribution in [0.15, 0.2) is 16.6 Å². The van der Waals surface area contributed by atoms with Gasteiger partial charge in [0.15, 0.2) is 0 Å². The molecule has 20 heavy (non-hydrogen) atoms. The number of piperidine rings is 1. The topological polar surface area (TPSA) is 64.8 Å². The summed E-state index contributed by atoms with van der Waals surface area (Å²) >= 11 is 3.40. The molecule has 2 N–H and O–H groups in total. The molecule has 1 aliphatic rings. The van der Waals surface area contributed by atoms with Crippen molar-refractivity contribution in [3.63, 3.8) is 0 Å². The van der Waals surface area contributed by atoms with Crippen LogP contribution in [-0.4, -0.2) is 44.2 Å². The smallest absolute Gasteiger partial charge is 0.254 e. The van der Waals surface area contributed by atoms with Crippen LogP contribution in [0.1, 0.15) is 23.2 Å². The van der Waals surface area contributed by atoms with E-state index in [9.17, 15) is 4.79 Å². The number of nitrogens with two attached hydrogens (primary N) is 1. The van der Waals surface area contributed by atoms with Crippen LogP contribution < -0.4 is 15.2 Å². The van der Waals surface area contributed by atoms with Gasteiger partial charge in [-0.05, 0) is 40.9 Å². The maximum absolute atomic E-state index is 12.5. The molecule has 0 bridgehead atoms. The monoisotopic (exact) mass is 342 g/mol. The van der Waals surface area contributed by atoms with Crippen LogP contribution >= 0.6 is 15.9 Å². The fourth-order valence-corrected chi connectivity index (χ4v) is 2.92. The molecule has 0 saturated carbocycles. The average Bonchev–Trinajstić information content (AvgIpc) is 2.46. The number of carbonyl (C=O) groups is 1. The summed E-state index contributed by atoms with van der Waals surface area (Å²) < 4.78 is 11.2. The Labute approximate surface area is 127 Å². The van der Waals surface area contributed by atoms with E-state index in [0.717, 1.165) is 19.4 Å². The second-order valence-electron chi connectivity index (χ2n) is 4.85. The third-order valence-electron chi connectivity index (χ3n) is 3.44. The van der Waals surface area contributed by atoms with E-state index >= 15 is 0 Å². The third-order valence-corrected chi connectivity index (χ3v) is 4.22. The fourth-order valence-electron chi connectivity index (χ4n) is 2.37. The molecule has 1 heterocycles. The van der Waals surface area contributed by atoms with Crippen molar-refractivity contribution in [3.8, 4) is 11.5 Å². The van der Waals surface area contributed by atoms with E-state index in [4.69, 9.17) is 15.2 Å². The number of halogens is 1. The molecule has 0 aromatic heterocycles. The Morgan fingerprint density at radius 2 is 1.95 bits per heavy atom. The predicted octanol–water partition coefficient (Wildman–Crippen LogP) is 2.03. The number of hydrogen-bond donors (Lipinski definition) is 1. The summed E-state index contributed by atoms with van der Waals surface area (Å²) in [5.41, 5.74) is 6.48. The van der Waals surface area contributed by atoms with Crippen LogP contribution in [0.4, 0.5) is 0 Å². The zero-order valence-corrected chi connectivity index (χ0v) is 13.3. The summed E-state index contributed by atoms with van der Waals surface area (Å²) in [5, 5.41) is 0. The lowest BCUT2D eigenvalue weighted by Gasteiger charge is -2.31. The van der Waals surface area contributed by atoms with E-state index < -0.39 is 0 Å². The Morgan fingerprint density at radius 3 is 2.45 bits per heavy atom. The number of benzene rings is 1. The summed E-state index contributed by atoms with van der Waals surface area (Å²) in [7, 11) is 3.12. The first-order valence-corrected chi connectivity index (χ1v) is 7.32. The molecule has 1 fully saturated rings. The van der Waals surface area contributed by atoms with Crippen LogP contribution in [-0.2, 0) is 0 Å². The van der Waals surface area contributed by atoms with E-state index in [1.807, 2.05) is 0 Å². The lowest BCUT2D eigenvalue weighted by molar-refractivity contribution is 0.0708. The lowest BCUT2D eigenvalue weighted by atomic mass is 10.1. The first-order chi connectivity index (χ1) is 9.56. The summed E-state index contributed by atoms with van der Waals surface area (Å²) in [4.78, 5) is 14.3. The highest BCUT2D eigenvalue weighted by atomic mass is 79.9. The summed E-state index contributed by atoms with van der Waals surface area (Å²) in [6.07, 6.45) is 1.91. The minimum Gasteiger partial charge on any atom is -0.495 e. The Hall–Kier alpha value is -1.27. The molecular weight excluding hydrogens is 324 g/mol. The molecule has 1 amide bonds. The number of methoxy groups -OCH3 is 2. The standard InChI is InChI=1S/C14H19BrN2O3/c1-19-11-6-9(7-12(20-2)13(11)15)14(18)17-5-3-4-10(16)8-17/h6-7,10H,3-5,8,16H2,1-2H3/t10-/m0/s1. The quantitative estimate of drug-likeness (QED) is 0.912. The van der Waals surface area contributed by atoms with Crippen molar-refractivity contribution < 1.29 is 14.3 Å². The van der Waals surface area contributed by atoms with Crippen LogP contribution in [0.3, 0.4) is 0 Å². The Morgan fingerprint density at radius 1 is 1.35 bits per heavy atom. The molecule has 2 rings (SSSR count). The molecule has 1 aliphatic heterocycles. The predicted molar refractivity (Wildman–Crippen MR) is 80.4 cm³/mol. The van der Waals surface area contributed by atoms with E-state index in [1.165, 1.54) is 0 Å². The van der Waals surface area contributed by atoms with Gasteiger partial charge in [0.25, 0.3) is 5.91 Å². The summed E-state index contributed by atoms with van der Waals surface area (Å²) in [6, 6.07) is 3.50. The van der Waals surface area contributed by atoms with Gasteiger partial charge >= 0.3 is 0 Å². The largest absolute Gasteiger partial charge is 0.495 e. The number of hydrogen-bond acceptors (Lipinski definition) is 4. The highest BCUT2D eigenvalue weighted by Crippen LogP contribution is 2.36. The van der Waals surface area contributed by atoms with Gasteiger partial charge in [0.1, 0.15) is 16.0 Å². The average molecular weight is 343 g/mol. The number of ether oxygens (including phenoxy) is 2. The lowest BCUT2D eigenvalue weighted by Crippen LogP contribution is -2.45. The van der Waals surface area contributed by atoms with Gasteiger partial charge in [-0.15, -0.1) is 0 Å². The molecule has 5 nitrogen and oxygen atoms in total. The van der Waals surface area contributed by atoms with Crippen LogP contribution in [0.25, 0.3) is 0 Å². The van der Waals surface area contributed by atoms with Crippen molar-refractivity contribution in [1.82, 2.24) is 4.90 Å². The van der Waals surface area contributed by atoms with Crippen molar-refractivity contribution in [1.29, 1.82) is 0 Å². The molecule has 1 atom stereocenters. The van der Waals surface area contributed by atoms with Crippen LogP contribution in [0.2, 0.25) is 0 Å². The molecule has 1 aromatic rings. The number of likely N-dealkylation sites (tertiary alicyclic amines) is 1. The van der Waals surface area contributed by atoms with E-state index in [2.05, 4.69) is 15.9 Å². The van der Waals surface area contributed by atoms with Gasteiger partial charge in [-0.3, -0.25) is 4.79 Å². The first-order valence-electron chi connectivity index (χ1n) is 6.53. The minimum absolute atomic E-state index is 0.0377. The van der Waals surface area contributed by atoms with Crippen molar-refractivity contribution in [2.24, 2.45) is 5.73 Å². The second kappa shape index (κ2) is 6.45. The highest BCUT2D eigenvalue weighted by Gasteiger charge is 2.24. The number of rotatable bonds is 3. The van der Waals surface area contributed by atoms with Crippen molar-refractivity contribution >= 4 is 21.8 Å². The van der Waals surface area contributed by atoms with Gasteiger partial charge in [-0.25, -0.2) is 0 Å². The number of amides is 1. The van der Waals surface area contributed by atoms with Crippen molar-refractivity contribution in [3.05, 3.63) is 22.2 Å². The molecular formula is C14H19BrN2O3. The minimum atomic E-state index is -0.0377. The van der Waals surface area contributed by atoms with E-state index in [-0.39, 0.29) is 11.9 Å². The molecule has 1 saturated heterocycles. The number of carbonyl (C=O) groups excluding carboxylic acids is 1. The Bertz CT molecular complexity index is 482. The third kappa shape index (κ3) is 3.07. The Kier molecular flexibility index (Phi) is 4.88. The Balaban J connectivity index is 2.29. The van der Waals surface area contributed by atoms with Gasteiger partial charge < -0.3 is 20.1 Å². The van der Waals surface area contributed by atoms with Crippen LogP contribution in [0.5, 0.6) is 11.5 Å². The van der Waals surface area contributed by atoms with Gasteiger partial charge in [0.05, 0.1) is 14.2 Å². The molecule has 0 aliphatic carbocycles. The zero-order valence-electron chi connectivity index (χ0n) is 11.7. The molecule has 0 spiro atoms. The summed E-state index contributed by atoms with van der Waals surface area (Å²) in [6.45, 7) is 1.34. The molecule has 0 unspecified atom stereocenters. The van der Waals surface area contributed by atoms with E-state index in [1.54, 1.807) is 31.3 Å². The highest BCUT2D eigenvalue weighted by molar-refractivity contribution is 9.10. The molecule has 6 heteroatoms. The van der Waals surface area contributed by atoms with Gasteiger partial charge in [0.2, 0.25) is 0 Å². The molecule has 110 valence electrons. The maximum Gasteiger partial charge on any atom is 0.254 e.